The Morgan fingerprint density at radius 2 is 0.490 bits per heavy atom. The summed E-state index contributed by atoms with van der Waals surface area (Å²) in [6, 6.07) is 0. The summed E-state index contributed by atoms with van der Waals surface area (Å²) in [5, 5.41) is 10.6. The molecule has 0 heterocycles. The summed E-state index contributed by atoms with van der Waals surface area (Å²) in [6.07, 6.45) is 80.8. The Bertz CT molecular complexity index is 2360. The molecular formula is C83H144O17P2. The molecule has 19 heteroatoms. The van der Waals surface area contributed by atoms with Crippen LogP contribution in [0, 0.1) is 0 Å². The number of ether oxygens (including phenoxy) is 4. The SMILES string of the molecule is CCCCC/C=C\C/C=C\C/C=C\C/C=C\CCCC(=O)OC[C@H](COP(=O)(O)OC[C@@H](O)COP(=O)(O)OC[C@@H](COC(=O)CCCCCCCCC/C=C\CCCCCC)OC(=O)CCC/C=C\C/C=C\C/C=C\C/C=C\CCCCC)OC(=O)CCCCCCCCCCCCCCC. The van der Waals surface area contributed by atoms with Crippen molar-refractivity contribution in [2.24, 2.45) is 0 Å². The first-order chi connectivity index (χ1) is 49.7. The quantitative estimate of drug-likeness (QED) is 0.0169. The van der Waals surface area contributed by atoms with Crippen LogP contribution < -0.4 is 0 Å². The molecule has 0 saturated heterocycles. The molecule has 588 valence electrons. The third-order valence-electron chi connectivity index (χ3n) is 16.7. The van der Waals surface area contributed by atoms with E-state index < -0.39 is 97.5 Å². The second kappa shape index (κ2) is 75.0. The molecule has 0 spiro atoms. The monoisotopic (exact) mass is 1470 g/mol. The summed E-state index contributed by atoms with van der Waals surface area (Å²) < 4.78 is 68.5. The molecular weight excluding hydrogens is 1330 g/mol. The Kier molecular flexibility index (Phi) is 71.8. The molecule has 5 atom stereocenters. The number of phosphoric ester groups is 2. The van der Waals surface area contributed by atoms with Crippen molar-refractivity contribution in [3.8, 4) is 0 Å². The normalized spacial score (nSPS) is 14.5. The summed E-state index contributed by atoms with van der Waals surface area (Å²) in [4.78, 5) is 72.9. The summed E-state index contributed by atoms with van der Waals surface area (Å²) in [5.74, 6) is -2.30. The van der Waals surface area contributed by atoms with Gasteiger partial charge in [-0.1, -0.05) is 291 Å². The van der Waals surface area contributed by atoms with Crippen LogP contribution in [0.15, 0.2) is 109 Å². The number of hydrogen-bond acceptors (Lipinski definition) is 15. The van der Waals surface area contributed by atoms with Crippen LogP contribution >= 0.6 is 15.6 Å². The second-order valence-corrected chi connectivity index (χ2v) is 29.6. The van der Waals surface area contributed by atoms with E-state index in [1.165, 1.54) is 128 Å². The van der Waals surface area contributed by atoms with Crippen molar-refractivity contribution in [1.29, 1.82) is 0 Å². The van der Waals surface area contributed by atoms with Gasteiger partial charge in [-0.25, -0.2) is 9.13 Å². The molecule has 102 heavy (non-hydrogen) atoms. The summed E-state index contributed by atoms with van der Waals surface area (Å²) in [6.45, 7) is 4.71. The largest absolute Gasteiger partial charge is 0.472 e. The van der Waals surface area contributed by atoms with E-state index in [4.69, 9.17) is 37.0 Å². The van der Waals surface area contributed by atoms with E-state index in [-0.39, 0.29) is 25.7 Å². The van der Waals surface area contributed by atoms with Crippen LogP contribution in [-0.2, 0) is 65.4 Å². The third-order valence-corrected chi connectivity index (χ3v) is 18.6. The molecule has 0 aromatic heterocycles. The zero-order valence-electron chi connectivity index (χ0n) is 64.3. The standard InChI is InChI=1S/C83H144O17P2/c1-5-9-13-17-21-25-29-33-36-38-41-45-48-52-56-60-64-68-81(86)94-73-78(99-82(87)69-65-61-57-53-49-43-32-28-24-20-16-12-8-4)75-97-101(89,90)95-71-77(84)72-96-102(91,92)98-76-79(74-93-80(85)67-63-59-55-51-47-44-40-35-31-27-23-19-15-11-7-3)100-83(88)70-66-62-58-54-50-46-42-39-37-34-30-26-22-18-14-10-6-2/h21-22,25-27,31,33-34,36-37,41-42,45-46,52,54,56,58,77-79,84H,5-20,23-24,28-30,32,35,38-40,43-44,47-51,53,55,57,59-76H2,1-4H3,(H,89,90)(H,91,92)/b25-21-,26-22-,31-27-,36-33-,37-34-,45-41-,46-42-,56-52-,58-54-/t77-,78-,79-/m1/s1. The van der Waals surface area contributed by atoms with Gasteiger partial charge in [0, 0.05) is 25.7 Å². The molecule has 0 rings (SSSR count). The van der Waals surface area contributed by atoms with Gasteiger partial charge < -0.3 is 33.8 Å². The van der Waals surface area contributed by atoms with E-state index in [1.54, 1.807) is 0 Å². The molecule has 0 aliphatic heterocycles. The number of phosphoric acid groups is 2. The van der Waals surface area contributed by atoms with Crippen LogP contribution in [0.2, 0.25) is 0 Å². The summed E-state index contributed by atoms with van der Waals surface area (Å²) in [7, 11) is -9.98. The molecule has 0 saturated carbocycles. The zero-order chi connectivity index (χ0) is 74.6. The van der Waals surface area contributed by atoms with Crippen LogP contribution in [0.5, 0.6) is 0 Å². The predicted molar refractivity (Wildman–Crippen MR) is 418 cm³/mol. The van der Waals surface area contributed by atoms with Crippen LogP contribution in [0.1, 0.15) is 336 Å². The lowest BCUT2D eigenvalue weighted by molar-refractivity contribution is -0.161. The average Bonchev–Trinajstić information content (AvgIpc) is 0.909. The molecule has 2 unspecified atom stereocenters. The predicted octanol–water partition coefficient (Wildman–Crippen LogP) is 23.3. The second-order valence-electron chi connectivity index (χ2n) is 26.7. The highest BCUT2D eigenvalue weighted by Gasteiger charge is 2.30. The van der Waals surface area contributed by atoms with E-state index in [1.807, 2.05) is 24.3 Å². The van der Waals surface area contributed by atoms with E-state index in [0.717, 1.165) is 116 Å². The molecule has 0 amide bonds. The van der Waals surface area contributed by atoms with E-state index >= 15 is 0 Å². The zero-order valence-corrected chi connectivity index (χ0v) is 66.0. The van der Waals surface area contributed by atoms with Crippen molar-refractivity contribution < 1.29 is 80.2 Å². The summed E-state index contributed by atoms with van der Waals surface area (Å²) >= 11 is 0. The van der Waals surface area contributed by atoms with Gasteiger partial charge in [-0.2, -0.15) is 0 Å². The number of allylic oxidation sites excluding steroid dienone is 18. The number of esters is 4. The minimum Gasteiger partial charge on any atom is -0.462 e. The Balaban J connectivity index is 5.44. The van der Waals surface area contributed by atoms with Crippen molar-refractivity contribution in [1.82, 2.24) is 0 Å². The fraction of sp³-hybridized carbons (Fsp3) is 0.735. The number of hydrogen-bond donors (Lipinski definition) is 3. The topological polar surface area (TPSA) is 237 Å². The van der Waals surface area contributed by atoms with Crippen LogP contribution in [0.3, 0.4) is 0 Å². The fourth-order valence-corrected chi connectivity index (χ4v) is 12.1. The first kappa shape index (κ1) is 97.7. The maximum atomic E-state index is 13.1. The molecule has 0 bridgehead atoms. The molecule has 0 fully saturated rings. The highest BCUT2D eigenvalue weighted by Crippen LogP contribution is 2.45. The lowest BCUT2D eigenvalue weighted by atomic mass is 10.0. The van der Waals surface area contributed by atoms with Crippen molar-refractivity contribution in [2.75, 3.05) is 39.6 Å². The lowest BCUT2D eigenvalue weighted by Crippen LogP contribution is -2.30. The highest BCUT2D eigenvalue weighted by atomic mass is 31.2. The van der Waals surface area contributed by atoms with Gasteiger partial charge in [0.25, 0.3) is 0 Å². The maximum Gasteiger partial charge on any atom is 0.472 e. The van der Waals surface area contributed by atoms with Crippen molar-refractivity contribution in [3.63, 3.8) is 0 Å². The maximum absolute atomic E-state index is 13.1. The molecule has 0 radical (unpaired) electrons. The lowest BCUT2D eigenvalue weighted by Gasteiger charge is -2.21. The molecule has 17 nitrogen and oxygen atoms in total. The molecule has 0 aliphatic carbocycles. The van der Waals surface area contributed by atoms with Gasteiger partial charge in [0.2, 0.25) is 0 Å². The van der Waals surface area contributed by atoms with Crippen LogP contribution in [-0.4, -0.2) is 96.7 Å². The number of aliphatic hydroxyl groups is 1. The van der Waals surface area contributed by atoms with E-state index in [0.29, 0.717) is 38.5 Å². The Hall–Kier alpha value is -4.28. The van der Waals surface area contributed by atoms with Gasteiger partial charge in [0.05, 0.1) is 26.4 Å². The molecule has 3 N–H and O–H groups in total. The number of rotatable bonds is 75. The van der Waals surface area contributed by atoms with Crippen molar-refractivity contribution in [2.45, 2.75) is 354 Å². The molecule has 0 aromatic carbocycles. The van der Waals surface area contributed by atoms with Crippen LogP contribution in [0.4, 0.5) is 0 Å². The number of carbonyl (C=O) groups excluding carboxylic acids is 4. The number of unbranched alkanes of at least 4 members (excludes halogenated alkanes) is 31. The van der Waals surface area contributed by atoms with Gasteiger partial charge in [0.15, 0.2) is 12.2 Å². The third kappa shape index (κ3) is 74.0. The van der Waals surface area contributed by atoms with E-state index in [2.05, 4.69) is 113 Å². The number of aliphatic hydroxyl groups excluding tert-OH is 1. The minimum absolute atomic E-state index is 0.0171. The first-order valence-corrected chi connectivity index (χ1v) is 43.1. The van der Waals surface area contributed by atoms with Gasteiger partial charge in [0.1, 0.15) is 19.3 Å². The minimum atomic E-state index is -4.99. The van der Waals surface area contributed by atoms with Gasteiger partial charge in [-0.05, 0) is 128 Å². The van der Waals surface area contributed by atoms with Crippen molar-refractivity contribution in [3.05, 3.63) is 109 Å². The number of carbonyl (C=O) groups is 4. The Morgan fingerprint density at radius 1 is 0.275 bits per heavy atom. The first-order valence-electron chi connectivity index (χ1n) is 40.1. The van der Waals surface area contributed by atoms with Gasteiger partial charge in [-0.15, -0.1) is 0 Å². The Labute approximate surface area is 619 Å². The average molecular weight is 1480 g/mol. The fourth-order valence-electron chi connectivity index (χ4n) is 10.6. The van der Waals surface area contributed by atoms with Gasteiger partial charge >= 0.3 is 39.5 Å². The molecule has 0 aliphatic rings. The Morgan fingerprint density at radius 3 is 0.824 bits per heavy atom. The molecule has 0 aromatic rings. The smallest absolute Gasteiger partial charge is 0.462 e. The van der Waals surface area contributed by atoms with E-state index in [9.17, 15) is 43.2 Å². The van der Waals surface area contributed by atoms with Gasteiger partial charge in [-0.3, -0.25) is 37.3 Å². The van der Waals surface area contributed by atoms with Crippen molar-refractivity contribution >= 4 is 39.5 Å². The van der Waals surface area contributed by atoms with Crippen LogP contribution in [0.25, 0.3) is 0 Å². The summed E-state index contributed by atoms with van der Waals surface area (Å²) in [5.41, 5.74) is 0. The highest BCUT2D eigenvalue weighted by molar-refractivity contribution is 7.47.